The Hall–Kier alpha value is -4.27. The summed E-state index contributed by atoms with van der Waals surface area (Å²) in [6, 6.07) is 11.2. The predicted octanol–water partition coefficient (Wildman–Crippen LogP) is 3.72. The molecule has 9 nitrogen and oxygen atoms in total. The Balaban J connectivity index is 1.98. The molecule has 0 aliphatic heterocycles. The molecule has 0 saturated heterocycles. The van der Waals surface area contributed by atoms with Crippen LogP contribution in [0, 0.1) is 13.8 Å². The van der Waals surface area contributed by atoms with Crippen LogP contribution < -0.4 is 20.9 Å². The number of rotatable bonds is 7. The van der Waals surface area contributed by atoms with Crippen molar-refractivity contribution < 1.29 is 24.5 Å². The number of pyridine rings is 1. The van der Waals surface area contributed by atoms with Gasteiger partial charge in [-0.3, -0.25) is 9.59 Å². The lowest BCUT2D eigenvalue weighted by Gasteiger charge is -2.20. The lowest BCUT2D eigenvalue weighted by molar-refractivity contribution is -0.137. The van der Waals surface area contributed by atoms with Gasteiger partial charge in [0.1, 0.15) is 11.5 Å². The molecule has 9 heteroatoms. The van der Waals surface area contributed by atoms with E-state index in [9.17, 15) is 24.6 Å². The Morgan fingerprint density at radius 3 is 2.47 bits per heavy atom. The fourth-order valence-corrected chi connectivity index (χ4v) is 3.73. The van der Waals surface area contributed by atoms with Crippen molar-refractivity contribution in [2.75, 3.05) is 12.4 Å². The van der Waals surface area contributed by atoms with Crippen molar-refractivity contribution in [2.24, 2.45) is 7.05 Å². The Kier molecular flexibility index (Phi) is 7.25. The Morgan fingerprint density at radius 2 is 1.82 bits per heavy atom. The van der Waals surface area contributed by atoms with Gasteiger partial charge in [-0.15, -0.1) is 0 Å². The topological polar surface area (TPSA) is 130 Å². The van der Waals surface area contributed by atoms with Crippen LogP contribution in [0.25, 0.3) is 11.1 Å². The van der Waals surface area contributed by atoms with E-state index in [0.717, 1.165) is 16.7 Å². The third-order valence-electron chi connectivity index (χ3n) is 5.48. The van der Waals surface area contributed by atoms with Crippen LogP contribution in [0.3, 0.4) is 0 Å². The first kappa shape index (κ1) is 24.4. The van der Waals surface area contributed by atoms with E-state index >= 15 is 0 Å². The molecule has 1 heterocycles. The highest BCUT2D eigenvalue weighted by atomic mass is 16.5. The lowest BCUT2D eigenvalue weighted by atomic mass is 9.95. The molecule has 3 aromatic rings. The number of hydrogen-bond donors (Lipinski definition) is 4. The quantitative estimate of drug-likeness (QED) is 0.421. The fourth-order valence-electron chi connectivity index (χ4n) is 3.73. The normalized spacial score (nSPS) is 11.5. The molecular formula is C25H27N3O6. The molecule has 1 unspecified atom stereocenters. The predicted molar refractivity (Wildman–Crippen MR) is 128 cm³/mol. The van der Waals surface area contributed by atoms with Gasteiger partial charge in [-0.05, 0) is 54.3 Å². The molecule has 0 saturated carbocycles. The van der Waals surface area contributed by atoms with Gasteiger partial charge in [-0.25, -0.2) is 4.79 Å². The molecule has 34 heavy (non-hydrogen) atoms. The number of nitrogens with one attached hydrogen (secondary N) is 2. The molecule has 0 aliphatic carbocycles. The summed E-state index contributed by atoms with van der Waals surface area (Å²) in [5, 5.41) is 24.7. The molecule has 0 spiro atoms. The van der Waals surface area contributed by atoms with Gasteiger partial charge >= 0.3 is 12.0 Å². The summed E-state index contributed by atoms with van der Waals surface area (Å²) in [6.45, 7) is 3.55. The minimum Gasteiger partial charge on any atom is -0.505 e. The van der Waals surface area contributed by atoms with Gasteiger partial charge in [0.2, 0.25) is 0 Å². The van der Waals surface area contributed by atoms with E-state index in [4.69, 9.17) is 4.74 Å². The molecule has 2 aromatic carbocycles. The van der Waals surface area contributed by atoms with E-state index in [1.807, 2.05) is 37.3 Å². The monoisotopic (exact) mass is 465 g/mol. The van der Waals surface area contributed by atoms with Crippen LogP contribution in [0.15, 0.2) is 53.5 Å². The average molecular weight is 466 g/mol. The number of carboxylic acid groups (broad SMARTS) is 1. The first-order chi connectivity index (χ1) is 16.1. The Labute approximate surface area is 196 Å². The van der Waals surface area contributed by atoms with Gasteiger partial charge in [-0.1, -0.05) is 24.3 Å². The third kappa shape index (κ3) is 5.37. The van der Waals surface area contributed by atoms with E-state index < -0.39 is 30.0 Å². The van der Waals surface area contributed by atoms with Crippen molar-refractivity contribution in [1.82, 2.24) is 9.88 Å². The van der Waals surface area contributed by atoms with Crippen LogP contribution in [-0.2, 0) is 11.8 Å². The maximum absolute atomic E-state index is 12.8. The fraction of sp³-hybridized carbons (Fsp3) is 0.240. The zero-order valence-electron chi connectivity index (χ0n) is 19.4. The number of carboxylic acids is 1. The molecule has 2 amide bonds. The number of aromatic nitrogens is 1. The second-order valence-electron chi connectivity index (χ2n) is 8.01. The summed E-state index contributed by atoms with van der Waals surface area (Å²) in [6.07, 6.45) is 1.03. The number of aromatic hydroxyl groups is 1. The van der Waals surface area contributed by atoms with Crippen LogP contribution in [0.1, 0.15) is 29.2 Å². The van der Waals surface area contributed by atoms with Crippen molar-refractivity contribution in [3.63, 3.8) is 0 Å². The number of hydrogen-bond acceptors (Lipinski definition) is 5. The smallest absolute Gasteiger partial charge is 0.319 e. The average Bonchev–Trinajstić information content (AvgIpc) is 2.79. The van der Waals surface area contributed by atoms with Gasteiger partial charge in [0.25, 0.3) is 5.56 Å². The minimum atomic E-state index is -1.13. The summed E-state index contributed by atoms with van der Waals surface area (Å²) < 4.78 is 6.65. The third-order valence-corrected chi connectivity index (χ3v) is 5.48. The highest BCUT2D eigenvalue weighted by molar-refractivity contribution is 5.91. The van der Waals surface area contributed by atoms with E-state index in [2.05, 4.69) is 10.6 Å². The maximum Gasteiger partial charge on any atom is 0.319 e. The molecule has 1 aromatic heterocycles. The van der Waals surface area contributed by atoms with Crippen molar-refractivity contribution >= 4 is 17.7 Å². The van der Waals surface area contributed by atoms with E-state index in [-0.39, 0.29) is 11.4 Å². The minimum absolute atomic E-state index is 0.291. The standard InChI is InChI=1S/C25H27N3O6/c1-14-7-5-6-8-19(14)16-9-17(11-18(10-16)34-4)20(12-21(29)30)26-25(33)27-22-23(31)15(2)13-28(3)24(22)32/h5-11,13,20,31H,12H2,1-4H3,(H,29,30)(H2,26,27,33). The molecule has 4 N–H and O–H groups in total. The summed E-state index contributed by atoms with van der Waals surface area (Å²) in [7, 11) is 3.00. The number of urea groups is 1. The first-order valence-electron chi connectivity index (χ1n) is 10.5. The van der Waals surface area contributed by atoms with E-state index in [1.54, 1.807) is 19.1 Å². The first-order valence-corrected chi connectivity index (χ1v) is 10.5. The van der Waals surface area contributed by atoms with Crippen LogP contribution in [0.2, 0.25) is 0 Å². The number of carbonyl (C=O) groups excluding carboxylic acids is 1. The number of methoxy groups -OCH3 is 1. The van der Waals surface area contributed by atoms with Gasteiger partial charge in [0, 0.05) is 18.8 Å². The van der Waals surface area contributed by atoms with Crippen LogP contribution in [-0.4, -0.2) is 33.9 Å². The molecular weight excluding hydrogens is 438 g/mol. The molecule has 0 aliphatic rings. The maximum atomic E-state index is 12.8. The molecule has 3 rings (SSSR count). The Bertz CT molecular complexity index is 1300. The Morgan fingerprint density at radius 1 is 1.12 bits per heavy atom. The number of nitrogens with zero attached hydrogens (tertiary/aromatic N) is 1. The molecule has 0 bridgehead atoms. The molecule has 0 radical (unpaired) electrons. The van der Waals surface area contributed by atoms with Gasteiger partial charge in [0.05, 0.1) is 19.6 Å². The summed E-state index contributed by atoms with van der Waals surface area (Å²) in [5.74, 6) is -0.977. The SMILES string of the molecule is COc1cc(-c2ccccc2C)cc(C(CC(=O)O)NC(=O)Nc2c(O)c(C)cn(C)c2=O)c1. The highest BCUT2D eigenvalue weighted by Crippen LogP contribution is 2.32. The lowest BCUT2D eigenvalue weighted by Crippen LogP contribution is -2.36. The largest absolute Gasteiger partial charge is 0.505 e. The van der Waals surface area contributed by atoms with Crippen molar-refractivity contribution in [3.05, 3.63) is 75.7 Å². The van der Waals surface area contributed by atoms with Crippen molar-refractivity contribution in [1.29, 1.82) is 0 Å². The second-order valence-corrected chi connectivity index (χ2v) is 8.01. The van der Waals surface area contributed by atoms with E-state index in [1.165, 1.54) is 24.9 Å². The number of ether oxygens (including phenoxy) is 1. The number of aryl methyl sites for hydroxylation is 3. The van der Waals surface area contributed by atoms with Crippen LogP contribution >= 0.6 is 0 Å². The number of aliphatic carboxylic acids is 1. The number of amides is 2. The van der Waals surface area contributed by atoms with Gasteiger partial charge < -0.3 is 30.2 Å². The van der Waals surface area contributed by atoms with Gasteiger partial charge in [0.15, 0.2) is 5.69 Å². The summed E-state index contributed by atoms with van der Waals surface area (Å²) in [5.41, 5.74) is 2.78. The van der Waals surface area contributed by atoms with Crippen molar-refractivity contribution in [2.45, 2.75) is 26.3 Å². The zero-order valence-corrected chi connectivity index (χ0v) is 19.4. The summed E-state index contributed by atoms with van der Waals surface area (Å²) in [4.78, 5) is 36.7. The number of carbonyl (C=O) groups is 2. The zero-order chi connectivity index (χ0) is 25.0. The molecule has 0 fully saturated rings. The highest BCUT2D eigenvalue weighted by Gasteiger charge is 2.22. The van der Waals surface area contributed by atoms with Crippen LogP contribution in [0.5, 0.6) is 11.5 Å². The summed E-state index contributed by atoms with van der Waals surface area (Å²) >= 11 is 0. The van der Waals surface area contributed by atoms with Gasteiger partial charge in [-0.2, -0.15) is 0 Å². The molecule has 1 atom stereocenters. The van der Waals surface area contributed by atoms with Crippen molar-refractivity contribution in [3.8, 4) is 22.6 Å². The number of benzene rings is 2. The van der Waals surface area contributed by atoms with E-state index in [0.29, 0.717) is 16.9 Å². The molecule has 178 valence electrons. The van der Waals surface area contributed by atoms with Crippen LogP contribution in [0.4, 0.5) is 10.5 Å². The number of anilines is 1. The second kappa shape index (κ2) is 10.1.